The molecule has 39 heavy (non-hydrogen) atoms. The first-order valence-electron chi connectivity index (χ1n) is 14.7. The zero-order valence-electron chi connectivity index (χ0n) is 22.5. The zero-order chi connectivity index (χ0) is 26.6. The van der Waals surface area contributed by atoms with Crippen LogP contribution in [0.2, 0.25) is 0 Å². The molecule has 7 heteroatoms. The average molecular weight is 528 g/mol. The molecule has 2 aromatic carbocycles. The van der Waals surface area contributed by atoms with Crippen molar-refractivity contribution in [1.29, 1.82) is 0 Å². The van der Waals surface area contributed by atoms with Crippen LogP contribution in [0, 0.1) is 5.92 Å². The smallest absolute Gasteiger partial charge is 0.255 e. The minimum atomic E-state index is -0.598. The Morgan fingerprint density at radius 1 is 0.923 bits per heavy atom. The number of nitrogens with zero attached hydrogens (tertiary/aromatic N) is 2. The average Bonchev–Trinajstić information content (AvgIpc) is 3.49. The number of fused-ring (bicyclic) bond motifs is 4. The molecule has 0 radical (unpaired) electrons. The number of benzene rings is 2. The Balaban J connectivity index is 0.986. The molecule has 1 spiro atoms. The molecule has 2 aromatic rings. The number of likely N-dealkylation sites (tertiary alicyclic amines) is 1. The molecule has 7 rings (SSSR count). The summed E-state index contributed by atoms with van der Waals surface area (Å²) in [6, 6.07) is 14.5. The SMILES string of the molecule is O=C1CCC(N2Cc3c(ccc4c3OCC43CCN(CC4CCC(c5ccccc5)CC4)CC3)C2=O)C(=O)N1. The third-order valence-electron chi connectivity index (χ3n) is 10.2. The topological polar surface area (TPSA) is 79.0 Å². The largest absolute Gasteiger partial charge is 0.492 e. The molecule has 204 valence electrons. The third-order valence-corrected chi connectivity index (χ3v) is 10.2. The summed E-state index contributed by atoms with van der Waals surface area (Å²) in [6.45, 7) is 4.41. The van der Waals surface area contributed by atoms with Crippen LogP contribution >= 0.6 is 0 Å². The maximum Gasteiger partial charge on any atom is 0.255 e. The van der Waals surface area contributed by atoms with Gasteiger partial charge in [-0.25, -0.2) is 0 Å². The summed E-state index contributed by atoms with van der Waals surface area (Å²) in [5.74, 6) is 1.60. The monoisotopic (exact) mass is 527 g/mol. The van der Waals surface area contributed by atoms with Crippen molar-refractivity contribution in [3.63, 3.8) is 0 Å². The molecule has 0 aromatic heterocycles. The zero-order valence-corrected chi connectivity index (χ0v) is 22.5. The molecular weight excluding hydrogens is 490 g/mol. The number of nitrogens with one attached hydrogen (secondary N) is 1. The number of carbonyl (C=O) groups is 3. The highest BCUT2D eigenvalue weighted by Gasteiger charge is 2.47. The molecule has 1 unspecified atom stereocenters. The van der Waals surface area contributed by atoms with E-state index in [0.29, 0.717) is 25.1 Å². The van der Waals surface area contributed by atoms with Gasteiger partial charge in [0.1, 0.15) is 11.8 Å². The normalized spacial score (nSPS) is 28.3. The van der Waals surface area contributed by atoms with Gasteiger partial charge in [0, 0.05) is 35.1 Å². The van der Waals surface area contributed by atoms with E-state index in [1.807, 2.05) is 6.07 Å². The Morgan fingerprint density at radius 2 is 1.69 bits per heavy atom. The van der Waals surface area contributed by atoms with E-state index in [0.717, 1.165) is 49.1 Å². The number of hydrogen-bond donors (Lipinski definition) is 1. The molecule has 1 N–H and O–H groups in total. The van der Waals surface area contributed by atoms with Crippen LogP contribution < -0.4 is 10.1 Å². The Bertz CT molecular complexity index is 1290. The first-order chi connectivity index (χ1) is 19.0. The Morgan fingerprint density at radius 3 is 2.44 bits per heavy atom. The maximum atomic E-state index is 13.2. The second-order valence-corrected chi connectivity index (χ2v) is 12.4. The van der Waals surface area contributed by atoms with Crippen molar-refractivity contribution < 1.29 is 19.1 Å². The fourth-order valence-electron chi connectivity index (χ4n) is 7.83. The quantitative estimate of drug-likeness (QED) is 0.605. The summed E-state index contributed by atoms with van der Waals surface area (Å²) in [5.41, 5.74) is 4.30. The highest BCUT2D eigenvalue weighted by molar-refractivity contribution is 6.05. The van der Waals surface area contributed by atoms with Gasteiger partial charge in [-0.2, -0.15) is 0 Å². The fourth-order valence-corrected chi connectivity index (χ4v) is 7.83. The molecule has 4 aliphatic heterocycles. The molecular formula is C32H37N3O4. The molecule has 5 aliphatic rings. The predicted molar refractivity (Wildman–Crippen MR) is 146 cm³/mol. The van der Waals surface area contributed by atoms with Crippen molar-refractivity contribution >= 4 is 17.7 Å². The fraction of sp³-hybridized carbons (Fsp3) is 0.531. The van der Waals surface area contributed by atoms with Crippen molar-refractivity contribution in [2.75, 3.05) is 26.2 Å². The number of imide groups is 1. The first kappa shape index (κ1) is 24.8. The molecule has 3 amide bonds. The van der Waals surface area contributed by atoms with Gasteiger partial charge in [-0.3, -0.25) is 19.7 Å². The van der Waals surface area contributed by atoms with Crippen LogP contribution in [0.5, 0.6) is 5.75 Å². The van der Waals surface area contributed by atoms with Crippen molar-refractivity contribution in [3.05, 3.63) is 64.7 Å². The van der Waals surface area contributed by atoms with Gasteiger partial charge in [0.15, 0.2) is 0 Å². The highest BCUT2D eigenvalue weighted by Crippen LogP contribution is 2.50. The van der Waals surface area contributed by atoms with Crippen molar-refractivity contribution in [2.24, 2.45) is 5.92 Å². The molecule has 1 saturated carbocycles. The van der Waals surface area contributed by atoms with Gasteiger partial charge in [0.05, 0.1) is 13.2 Å². The Hall–Kier alpha value is -3.19. The molecule has 1 aliphatic carbocycles. The van der Waals surface area contributed by atoms with Gasteiger partial charge in [-0.05, 0) is 81.5 Å². The molecule has 0 bridgehead atoms. The van der Waals surface area contributed by atoms with Crippen LogP contribution in [-0.4, -0.2) is 59.8 Å². The van der Waals surface area contributed by atoms with Crippen LogP contribution in [0.1, 0.15) is 84.3 Å². The van der Waals surface area contributed by atoms with E-state index in [-0.39, 0.29) is 29.6 Å². The van der Waals surface area contributed by atoms with Gasteiger partial charge in [-0.15, -0.1) is 0 Å². The first-order valence-corrected chi connectivity index (χ1v) is 14.7. The molecule has 7 nitrogen and oxygen atoms in total. The van der Waals surface area contributed by atoms with Gasteiger partial charge < -0.3 is 14.5 Å². The van der Waals surface area contributed by atoms with Crippen molar-refractivity contribution in [1.82, 2.24) is 15.1 Å². The van der Waals surface area contributed by atoms with Crippen molar-refractivity contribution in [3.8, 4) is 5.75 Å². The van der Waals surface area contributed by atoms with Crippen LogP contribution in [0.25, 0.3) is 0 Å². The van der Waals surface area contributed by atoms with Crippen LogP contribution in [-0.2, 0) is 21.5 Å². The number of hydrogen-bond acceptors (Lipinski definition) is 5. The van der Waals surface area contributed by atoms with E-state index in [2.05, 4.69) is 46.6 Å². The summed E-state index contributed by atoms with van der Waals surface area (Å²) in [7, 11) is 0. The van der Waals surface area contributed by atoms with E-state index in [1.165, 1.54) is 43.4 Å². The lowest BCUT2D eigenvalue weighted by Gasteiger charge is -2.41. The minimum Gasteiger partial charge on any atom is -0.492 e. The summed E-state index contributed by atoms with van der Waals surface area (Å²) in [6.07, 6.45) is 8.01. The third kappa shape index (κ3) is 4.35. The van der Waals surface area contributed by atoms with Gasteiger partial charge in [-0.1, -0.05) is 36.4 Å². The second kappa shape index (κ2) is 9.77. The lowest BCUT2D eigenvalue weighted by molar-refractivity contribution is -0.136. The summed E-state index contributed by atoms with van der Waals surface area (Å²) in [5, 5.41) is 2.39. The molecule has 2 saturated heterocycles. The van der Waals surface area contributed by atoms with E-state index in [9.17, 15) is 14.4 Å². The summed E-state index contributed by atoms with van der Waals surface area (Å²) < 4.78 is 6.35. The number of amides is 3. The van der Waals surface area contributed by atoms with Crippen LogP contribution in [0.3, 0.4) is 0 Å². The lowest BCUT2D eigenvalue weighted by Crippen LogP contribution is -2.52. The van der Waals surface area contributed by atoms with E-state index in [1.54, 1.807) is 4.90 Å². The van der Waals surface area contributed by atoms with E-state index >= 15 is 0 Å². The molecule has 4 heterocycles. The maximum absolute atomic E-state index is 13.2. The number of piperidine rings is 2. The molecule has 1 atom stereocenters. The second-order valence-electron chi connectivity index (χ2n) is 12.4. The predicted octanol–water partition coefficient (Wildman–Crippen LogP) is 4.15. The molecule has 3 fully saturated rings. The van der Waals surface area contributed by atoms with Crippen LogP contribution in [0.15, 0.2) is 42.5 Å². The van der Waals surface area contributed by atoms with Gasteiger partial charge >= 0.3 is 0 Å². The van der Waals surface area contributed by atoms with E-state index in [4.69, 9.17) is 4.74 Å². The Labute approximate surface area is 229 Å². The number of ether oxygens (including phenoxy) is 1. The highest BCUT2D eigenvalue weighted by atomic mass is 16.5. The summed E-state index contributed by atoms with van der Waals surface area (Å²) in [4.78, 5) is 41.6. The van der Waals surface area contributed by atoms with Crippen molar-refractivity contribution in [2.45, 2.75) is 75.3 Å². The number of carbonyl (C=O) groups excluding carboxylic acids is 3. The van der Waals surface area contributed by atoms with Gasteiger partial charge in [0.25, 0.3) is 5.91 Å². The van der Waals surface area contributed by atoms with E-state index < -0.39 is 6.04 Å². The standard InChI is InChI=1S/C32H37N3O4/c36-28-13-12-27(30(37)33-28)35-19-25-24(31(35)38)10-11-26-29(25)39-20-32(26)14-16-34(17-15-32)18-21-6-8-23(9-7-21)22-4-2-1-3-5-22/h1-5,10-11,21,23,27H,6-9,12-20H2,(H,33,36,37). The minimum absolute atomic E-state index is 0.0108. The summed E-state index contributed by atoms with van der Waals surface area (Å²) >= 11 is 0. The Kier molecular flexibility index (Phi) is 6.22. The van der Waals surface area contributed by atoms with Gasteiger partial charge in [0.2, 0.25) is 11.8 Å². The lowest BCUT2D eigenvalue weighted by atomic mass is 9.73. The number of rotatable bonds is 4. The van der Waals surface area contributed by atoms with Crippen LogP contribution in [0.4, 0.5) is 0 Å².